The van der Waals surface area contributed by atoms with Crippen molar-refractivity contribution in [3.8, 4) is 5.75 Å². The Kier molecular flexibility index (Phi) is 5.41. The molecule has 1 aromatic rings. The number of allylic oxidation sites excluding steroid dienone is 2. The first kappa shape index (κ1) is 17.5. The monoisotopic (exact) mass is 342 g/mol. The van der Waals surface area contributed by atoms with E-state index in [1.165, 1.54) is 38.2 Å². The highest BCUT2D eigenvalue weighted by Crippen LogP contribution is 2.34. The minimum Gasteiger partial charge on any atom is -0.505 e. The summed E-state index contributed by atoms with van der Waals surface area (Å²) in [5, 5.41) is 16.5. The predicted octanol–water partition coefficient (Wildman–Crippen LogP) is 3.61. The topological polar surface area (TPSA) is 78.4 Å². The summed E-state index contributed by atoms with van der Waals surface area (Å²) in [6, 6.07) is 4.87. The highest BCUT2D eigenvalue weighted by atomic mass is 16.3. The average Bonchev–Trinajstić information content (AvgIpc) is 2.65. The second-order valence-corrected chi connectivity index (χ2v) is 7.08. The van der Waals surface area contributed by atoms with Crippen molar-refractivity contribution in [3.05, 3.63) is 35.2 Å². The van der Waals surface area contributed by atoms with Crippen LogP contribution in [0.2, 0.25) is 0 Å². The number of carbonyl (C=O) groups is 2. The maximum atomic E-state index is 12.2. The maximum absolute atomic E-state index is 12.2. The van der Waals surface area contributed by atoms with Crippen LogP contribution >= 0.6 is 0 Å². The first-order valence-corrected chi connectivity index (χ1v) is 9.18. The van der Waals surface area contributed by atoms with E-state index >= 15 is 0 Å². The van der Waals surface area contributed by atoms with Gasteiger partial charge in [-0.25, -0.2) is 0 Å². The molecule has 1 saturated carbocycles. The van der Waals surface area contributed by atoms with Crippen molar-refractivity contribution in [2.45, 2.75) is 45.4 Å². The van der Waals surface area contributed by atoms with Crippen LogP contribution in [0.5, 0.6) is 5.75 Å². The molecule has 1 atom stereocenters. The van der Waals surface area contributed by atoms with Crippen LogP contribution in [0.15, 0.2) is 29.6 Å². The lowest BCUT2D eigenvalue weighted by Gasteiger charge is -2.32. The van der Waals surface area contributed by atoms with E-state index in [0.29, 0.717) is 17.7 Å². The predicted molar refractivity (Wildman–Crippen MR) is 97.5 cm³/mol. The Bertz CT molecular complexity index is 690. The molecule has 0 aliphatic heterocycles. The van der Waals surface area contributed by atoms with E-state index in [1.807, 2.05) is 6.92 Å². The summed E-state index contributed by atoms with van der Waals surface area (Å²) in [7, 11) is 0. The van der Waals surface area contributed by atoms with E-state index in [9.17, 15) is 14.7 Å². The summed E-state index contributed by atoms with van der Waals surface area (Å²) >= 11 is 0. The Morgan fingerprint density at radius 3 is 2.72 bits per heavy atom. The molecule has 1 aromatic carbocycles. The van der Waals surface area contributed by atoms with Crippen LogP contribution in [0, 0.1) is 11.8 Å². The number of aldehydes is 1. The normalized spacial score (nSPS) is 21.0. The van der Waals surface area contributed by atoms with Gasteiger partial charge in [-0.1, -0.05) is 38.2 Å². The van der Waals surface area contributed by atoms with Crippen LogP contribution < -0.4 is 10.6 Å². The number of benzene rings is 1. The van der Waals surface area contributed by atoms with Gasteiger partial charge >= 0.3 is 0 Å². The van der Waals surface area contributed by atoms with Gasteiger partial charge in [-0.05, 0) is 31.4 Å². The van der Waals surface area contributed by atoms with Crippen LogP contribution in [0.3, 0.4) is 0 Å². The molecule has 0 spiro atoms. The van der Waals surface area contributed by atoms with Crippen molar-refractivity contribution in [1.82, 2.24) is 5.32 Å². The molecule has 0 heterocycles. The number of hydrogen-bond donors (Lipinski definition) is 3. The lowest BCUT2D eigenvalue weighted by atomic mass is 9.85. The molecule has 0 amide bonds. The minimum absolute atomic E-state index is 0.0241. The van der Waals surface area contributed by atoms with Crippen LogP contribution in [0.25, 0.3) is 0 Å². The van der Waals surface area contributed by atoms with Crippen molar-refractivity contribution in [2.75, 3.05) is 11.9 Å². The summed E-state index contributed by atoms with van der Waals surface area (Å²) in [6.45, 7) is 2.75. The van der Waals surface area contributed by atoms with Crippen molar-refractivity contribution >= 4 is 17.8 Å². The molecule has 3 rings (SSSR count). The number of aromatic hydroxyl groups is 1. The summed E-state index contributed by atoms with van der Waals surface area (Å²) < 4.78 is 0. The van der Waals surface area contributed by atoms with Crippen molar-refractivity contribution in [3.63, 3.8) is 0 Å². The summed E-state index contributed by atoms with van der Waals surface area (Å²) in [4.78, 5) is 23.1. The Balaban J connectivity index is 1.65. The number of carbonyl (C=O) groups excluding carboxylic acids is 2. The van der Waals surface area contributed by atoms with Gasteiger partial charge in [0.25, 0.3) is 0 Å². The number of nitrogens with one attached hydrogen (secondary N) is 2. The van der Waals surface area contributed by atoms with Crippen LogP contribution in [-0.4, -0.2) is 23.7 Å². The SMILES string of the molecule is CC1C(=O)C(Nc2cccc(C=O)c2O)=C1NCCC1CCCCC1. The van der Waals surface area contributed by atoms with Crippen molar-refractivity contribution < 1.29 is 14.7 Å². The Hall–Kier alpha value is -2.30. The molecular formula is C20H26N2O3. The summed E-state index contributed by atoms with van der Waals surface area (Å²) in [5.74, 6) is 0.540. The molecule has 1 fully saturated rings. The summed E-state index contributed by atoms with van der Waals surface area (Å²) in [6.07, 6.45) is 8.38. The highest BCUT2D eigenvalue weighted by molar-refractivity contribution is 6.08. The van der Waals surface area contributed by atoms with Crippen molar-refractivity contribution in [2.24, 2.45) is 11.8 Å². The fourth-order valence-corrected chi connectivity index (χ4v) is 3.77. The molecule has 0 radical (unpaired) electrons. The van der Waals surface area contributed by atoms with Gasteiger partial charge in [0, 0.05) is 12.2 Å². The van der Waals surface area contributed by atoms with Crippen LogP contribution in [0.1, 0.15) is 55.8 Å². The van der Waals surface area contributed by atoms with E-state index in [4.69, 9.17) is 0 Å². The van der Waals surface area contributed by atoms with Gasteiger partial charge in [0.2, 0.25) is 0 Å². The van der Waals surface area contributed by atoms with Gasteiger partial charge < -0.3 is 15.7 Å². The van der Waals surface area contributed by atoms with Gasteiger partial charge in [0.15, 0.2) is 12.1 Å². The zero-order valence-electron chi connectivity index (χ0n) is 14.7. The largest absolute Gasteiger partial charge is 0.505 e. The van der Waals surface area contributed by atoms with E-state index in [0.717, 1.165) is 24.6 Å². The van der Waals surface area contributed by atoms with Crippen LogP contribution in [-0.2, 0) is 4.79 Å². The molecule has 5 nitrogen and oxygen atoms in total. The zero-order valence-corrected chi connectivity index (χ0v) is 14.7. The molecule has 5 heteroatoms. The number of phenolic OH excluding ortho intramolecular Hbond substituents is 1. The number of Topliss-reactive ketones (excluding diaryl/α,β-unsaturated/α-hetero) is 1. The van der Waals surface area contributed by atoms with Gasteiger partial charge in [-0.15, -0.1) is 0 Å². The van der Waals surface area contributed by atoms with E-state index < -0.39 is 0 Å². The zero-order chi connectivity index (χ0) is 17.8. The van der Waals surface area contributed by atoms with Gasteiger partial charge in [-0.2, -0.15) is 0 Å². The third-order valence-electron chi connectivity index (χ3n) is 5.39. The Morgan fingerprint density at radius 2 is 2.00 bits per heavy atom. The number of phenols is 1. The second kappa shape index (κ2) is 7.72. The molecule has 1 unspecified atom stereocenters. The highest BCUT2D eigenvalue weighted by Gasteiger charge is 2.36. The number of anilines is 1. The average molecular weight is 342 g/mol. The first-order chi connectivity index (χ1) is 12.1. The third kappa shape index (κ3) is 3.70. The Labute approximate surface area is 148 Å². The van der Waals surface area contributed by atoms with Crippen molar-refractivity contribution in [1.29, 1.82) is 0 Å². The van der Waals surface area contributed by atoms with E-state index in [1.54, 1.807) is 12.1 Å². The smallest absolute Gasteiger partial charge is 0.189 e. The quantitative estimate of drug-likeness (QED) is 0.521. The van der Waals surface area contributed by atoms with E-state index in [-0.39, 0.29) is 23.0 Å². The Morgan fingerprint density at radius 1 is 1.24 bits per heavy atom. The fraction of sp³-hybridized carbons (Fsp3) is 0.500. The minimum atomic E-state index is -0.148. The molecule has 25 heavy (non-hydrogen) atoms. The standard InChI is InChI=1S/C20H26N2O3/c1-13-17(21-11-10-14-6-3-2-4-7-14)18(19(13)24)22-16-9-5-8-15(12-23)20(16)25/h5,8-9,12-14,21-22,25H,2-4,6-7,10-11H2,1H3. The molecule has 2 aliphatic carbocycles. The van der Waals surface area contributed by atoms with Gasteiger partial charge in [0.1, 0.15) is 11.4 Å². The second-order valence-electron chi connectivity index (χ2n) is 7.08. The third-order valence-corrected chi connectivity index (χ3v) is 5.39. The molecule has 134 valence electrons. The molecule has 0 aromatic heterocycles. The molecule has 3 N–H and O–H groups in total. The molecule has 2 aliphatic rings. The number of rotatable bonds is 7. The van der Waals surface area contributed by atoms with Gasteiger partial charge in [-0.3, -0.25) is 9.59 Å². The maximum Gasteiger partial charge on any atom is 0.189 e. The summed E-state index contributed by atoms with van der Waals surface area (Å²) in [5.41, 5.74) is 1.98. The lowest BCUT2D eigenvalue weighted by Crippen LogP contribution is -2.40. The molecular weight excluding hydrogens is 316 g/mol. The fourth-order valence-electron chi connectivity index (χ4n) is 3.77. The molecule has 0 saturated heterocycles. The van der Waals surface area contributed by atoms with E-state index in [2.05, 4.69) is 10.6 Å². The number of hydrogen-bond acceptors (Lipinski definition) is 5. The van der Waals surface area contributed by atoms with Crippen LogP contribution in [0.4, 0.5) is 5.69 Å². The number of ketones is 1. The lowest BCUT2D eigenvalue weighted by molar-refractivity contribution is -0.120. The number of para-hydroxylation sites is 1. The first-order valence-electron chi connectivity index (χ1n) is 9.18. The van der Waals surface area contributed by atoms with Gasteiger partial charge in [0.05, 0.1) is 17.2 Å². The molecule has 0 bridgehead atoms.